The summed E-state index contributed by atoms with van der Waals surface area (Å²) in [6, 6.07) is 92.5. The van der Waals surface area contributed by atoms with Gasteiger partial charge in [-0.2, -0.15) is 0 Å². The van der Waals surface area contributed by atoms with E-state index in [0.717, 1.165) is 89.0 Å². The first kappa shape index (κ1) is 43.3. The Kier molecular flexibility index (Phi) is 11.0. The molecule has 1 aliphatic carbocycles. The predicted molar refractivity (Wildman–Crippen MR) is 294 cm³/mol. The molecule has 0 unspecified atom stereocenters. The van der Waals surface area contributed by atoms with Crippen LogP contribution in [0.1, 0.15) is 22.8 Å². The van der Waals surface area contributed by atoms with Crippen LogP contribution in [-0.4, -0.2) is 29.9 Å². The molecule has 1 aliphatic rings. The lowest BCUT2D eigenvalue weighted by atomic mass is 9.76. The topological polar surface area (TPSA) is 77.3 Å². The molecule has 0 atom stereocenters. The summed E-state index contributed by atoms with van der Waals surface area (Å²) < 4.78 is 0. The quantitative estimate of drug-likeness (QED) is 0.136. The molecule has 0 saturated heterocycles. The maximum Gasteiger partial charge on any atom is 0.163 e. The van der Waals surface area contributed by atoms with Gasteiger partial charge in [-0.1, -0.05) is 255 Å². The lowest BCUT2D eigenvalue weighted by Gasteiger charge is -2.30. The van der Waals surface area contributed by atoms with E-state index in [1.165, 1.54) is 0 Å². The second-order valence-corrected chi connectivity index (χ2v) is 18.2. The summed E-state index contributed by atoms with van der Waals surface area (Å²) in [7, 11) is 0. The van der Waals surface area contributed by atoms with Gasteiger partial charge in [0.15, 0.2) is 34.9 Å². The molecular weight excluding hydrogens is 889 g/mol. The molecule has 0 bridgehead atoms. The zero-order valence-corrected chi connectivity index (χ0v) is 39.6. The Hall–Kier alpha value is -9.78. The third kappa shape index (κ3) is 7.97. The van der Waals surface area contributed by atoms with Gasteiger partial charge in [-0.05, 0) is 78.9 Å². The van der Waals surface area contributed by atoms with Gasteiger partial charge >= 0.3 is 0 Å². The smallest absolute Gasteiger partial charge is 0.163 e. The zero-order chi connectivity index (χ0) is 48.6. The van der Waals surface area contributed by atoms with Crippen LogP contribution >= 0.6 is 0 Å². The fraction of sp³-hybridized carbons (Fsp3) is 0.0149. The number of hydrogen-bond donors (Lipinski definition) is 0. The van der Waals surface area contributed by atoms with Crippen molar-refractivity contribution >= 4 is 0 Å². The largest absolute Gasteiger partial charge is 0.211 e. The molecule has 2 aromatic heterocycles. The average Bonchev–Trinajstić information content (AvgIpc) is 3.80. The third-order valence-electron chi connectivity index (χ3n) is 13.9. The molecule has 12 aromatic rings. The maximum atomic E-state index is 5.64. The summed E-state index contributed by atoms with van der Waals surface area (Å²) in [5.74, 6) is 3.14. The molecule has 0 aliphatic heterocycles. The molecule has 0 amide bonds. The van der Waals surface area contributed by atoms with Crippen molar-refractivity contribution in [2.24, 2.45) is 0 Å². The molecule has 13 rings (SSSR count). The minimum absolute atomic E-state index is 0.503. The lowest BCUT2D eigenvalue weighted by Crippen LogP contribution is -2.34. The number of aromatic nitrogens is 6. The average molecular weight is 933 g/mol. The number of nitrogens with zero attached hydrogens (tertiary/aromatic N) is 6. The molecule has 0 fully saturated rings. The van der Waals surface area contributed by atoms with Crippen molar-refractivity contribution in [3.05, 3.63) is 290 Å². The van der Waals surface area contributed by atoms with Gasteiger partial charge in [0.2, 0.25) is 0 Å². The second-order valence-electron chi connectivity index (χ2n) is 18.2. The summed E-state index contributed by atoms with van der Waals surface area (Å²) >= 11 is 0. The van der Waals surface area contributed by atoms with E-state index in [0.29, 0.717) is 34.9 Å². The van der Waals surface area contributed by atoms with Crippen LogP contribution in [0, 0.1) is 0 Å². The molecule has 6 heteroatoms. The van der Waals surface area contributed by atoms with E-state index < -0.39 is 5.41 Å². The molecule has 6 nitrogen and oxygen atoms in total. The first-order valence-electron chi connectivity index (χ1n) is 24.5. The molecular formula is C67H44N6. The van der Waals surface area contributed by atoms with Crippen molar-refractivity contribution in [2.45, 2.75) is 5.41 Å². The predicted octanol–water partition coefficient (Wildman–Crippen LogP) is 15.8. The first-order valence-corrected chi connectivity index (χ1v) is 24.5. The maximum absolute atomic E-state index is 5.64. The minimum Gasteiger partial charge on any atom is -0.211 e. The van der Waals surface area contributed by atoms with Gasteiger partial charge in [-0.3, -0.25) is 0 Å². The summed E-state index contributed by atoms with van der Waals surface area (Å²) in [5.41, 5.74) is 15.0. The van der Waals surface area contributed by atoms with Gasteiger partial charge in [0.25, 0.3) is 0 Å². The van der Waals surface area contributed by atoms with Crippen molar-refractivity contribution < 1.29 is 0 Å². The number of benzene rings is 10. The Morgan fingerprint density at radius 2 is 0.452 bits per heavy atom. The highest BCUT2D eigenvalue weighted by molar-refractivity contribution is 5.86. The van der Waals surface area contributed by atoms with E-state index in [9.17, 15) is 0 Å². The van der Waals surface area contributed by atoms with Crippen molar-refractivity contribution in [1.29, 1.82) is 0 Å². The van der Waals surface area contributed by atoms with Crippen LogP contribution < -0.4 is 0 Å². The van der Waals surface area contributed by atoms with Gasteiger partial charge in [0, 0.05) is 22.3 Å². The van der Waals surface area contributed by atoms with Crippen molar-refractivity contribution in [2.75, 3.05) is 0 Å². The number of rotatable bonds is 10. The Morgan fingerprint density at radius 3 is 0.822 bits per heavy atom. The van der Waals surface area contributed by atoms with E-state index in [-0.39, 0.29) is 0 Å². The van der Waals surface area contributed by atoms with E-state index in [4.69, 9.17) is 29.9 Å². The second kappa shape index (κ2) is 18.5. The summed E-state index contributed by atoms with van der Waals surface area (Å²) in [5, 5.41) is 0. The molecule has 0 radical (unpaired) electrons. The number of hydrogen-bond acceptors (Lipinski definition) is 6. The van der Waals surface area contributed by atoms with Crippen LogP contribution in [-0.2, 0) is 5.41 Å². The summed E-state index contributed by atoms with van der Waals surface area (Å²) in [6.45, 7) is 0. The van der Waals surface area contributed by atoms with Crippen molar-refractivity contribution in [1.82, 2.24) is 29.9 Å². The Morgan fingerprint density at radius 1 is 0.192 bits per heavy atom. The SMILES string of the molecule is c1ccc(-c2ccc(-c3nc(-c4cccc(-c5ccccc5)c4)nc(C4(c5nc(-c6ccc(-c7ccccc7)cc6)nc(-c6cccc(-c7ccccc7)c6)n5)c5ccccc5-c5ccccc54)n3)cc2)cc1. The van der Waals surface area contributed by atoms with Gasteiger partial charge in [-0.15, -0.1) is 0 Å². The highest BCUT2D eigenvalue weighted by Gasteiger charge is 2.52. The van der Waals surface area contributed by atoms with Gasteiger partial charge in [0.1, 0.15) is 5.41 Å². The van der Waals surface area contributed by atoms with Crippen LogP contribution in [0.3, 0.4) is 0 Å². The Balaban J connectivity index is 1.09. The van der Waals surface area contributed by atoms with Crippen molar-refractivity contribution in [3.63, 3.8) is 0 Å². The lowest BCUT2D eigenvalue weighted by molar-refractivity contribution is 0.639. The van der Waals surface area contributed by atoms with Crippen LogP contribution in [0.15, 0.2) is 267 Å². The van der Waals surface area contributed by atoms with Crippen LogP contribution in [0.25, 0.3) is 101 Å². The number of fused-ring (bicyclic) bond motifs is 3. The van der Waals surface area contributed by atoms with Crippen molar-refractivity contribution in [3.8, 4) is 101 Å². The molecule has 0 N–H and O–H groups in total. The standard InChI is InChI=1S/C67H44N6/c1-5-19-45(20-6-1)49-35-39-51(40-36-49)61-68-63(55-29-17-27-53(43-55)47-23-9-3-10-24-47)72-65(70-61)67(59-33-15-13-31-57(59)58-32-14-16-34-60(58)67)66-71-62(52-41-37-50(38-42-52)46-21-7-2-8-22-46)69-64(73-66)56-30-18-28-54(44-56)48-25-11-4-12-26-48/h1-44H. The minimum atomic E-state index is -1.24. The van der Waals surface area contributed by atoms with Gasteiger partial charge < -0.3 is 0 Å². The highest BCUT2D eigenvalue weighted by atomic mass is 15.1. The Labute approximate surface area is 424 Å². The molecule has 342 valence electrons. The zero-order valence-electron chi connectivity index (χ0n) is 39.6. The van der Waals surface area contributed by atoms with E-state index in [2.05, 4.69) is 243 Å². The molecule has 2 heterocycles. The fourth-order valence-electron chi connectivity index (χ4n) is 10.2. The van der Waals surface area contributed by atoms with Crippen LogP contribution in [0.2, 0.25) is 0 Å². The van der Waals surface area contributed by atoms with E-state index in [1.54, 1.807) is 0 Å². The van der Waals surface area contributed by atoms with Gasteiger partial charge in [-0.25, -0.2) is 29.9 Å². The molecule has 73 heavy (non-hydrogen) atoms. The van der Waals surface area contributed by atoms with E-state index in [1.807, 2.05) is 24.3 Å². The summed E-state index contributed by atoms with van der Waals surface area (Å²) in [4.78, 5) is 33.2. The van der Waals surface area contributed by atoms with Crippen LogP contribution in [0.4, 0.5) is 0 Å². The fourth-order valence-corrected chi connectivity index (χ4v) is 10.2. The third-order valence-corrected chi connectivity index (χ3v) is 13.9. The van der Waals surface area contributed by atoms with Gasteiger partial charge in [0.05, 0.1) is 0 Å². The van der Waals surface area contributed by atoms with Crippen LogP contribution in [0.5, 0.6) is 0 Å². The summed E-state index contributed by atoms with van der Waals surface area (Å²) in [6.07, 6.45) is 0. The Bertz CT molecular complexity index is 3680. The molecule has 0 saturated carbocycles. The monoisotopic (exact) mass is 932 g/mol. The first-order chi connectivity index (χ1) is 36.2. The van der Waals surface area contributed by atoms with E-state index >= 15 is 0 Å². The highest BCUT2D eigenvalue weighted by Crippen LogP contribution is 2.55. The normalized spacial score (nSPS) is 12.2. The molecule has 10 aromatic carbocycles. The molecule has 0 spiro atoms.